The Hall–Kier alpha value is -1.51. The SMILES string of the molecule is CCCc1ccc(C#N)c(Cl)c1CC#N. The van der Waals surface area contributed by atoms with Gasteiger partial charge in [-0.3, -0.25) is 0 Å². The molecule has 0 atom stereocenters. The smallest absolute Gasteiger partial charge is 0.101 e. The predicted molar refractivity (Wildman–Crippen MR) is 59.5 cm³/mol. The molecule has 0 aliphatic heterocycles. The van der Waals surface area contributed by atoms with Crippen LogP contribution in [0.15, 0.2) is 12.1 Å². The van der Waals surface area contributed by atoms with Gasteiger partial charge >= 0.3 is 0 Å². The highest BCUT2D eigenvalue weighted by atomic mass is 35.5. The number of nitriles is 2. The molecule has 0 radical (unpaired) electrons. The van der Waals surface area contributed by atoms with E-state index in [0.717, 1.165) is 24.0 Å². The van der Waals surface area contributed by atoms with E-state index in [1.807, 2.05) is 12.1 Å². The van der Waals surface area contributed by atoms with Crippen molar-refractivity contribution in [1.29, 1.82) is 10.5 Å². The quantitative estimate of drug-likeness (QED) is 0.782. The van der Waals surface area contributed by atoms with Crippen LogP contribution in [0.25, 0.3) is 0 Å². The third kappa shape index (κ3) is 2.49. The van der Waals surface area contributed by atoms with E-state index in [9.17, 15) is 0 Å². The monoisotopic (exact) mass is 218 g/mol. The molecule has 0 saturated carbocycles. The average Bonchev–Trinajstić information content (AvgIpc) is 2.24. The van der Waals surface area contributed by atoms with Gasteiger partial charge < -0.3 is 0 Å². The third-order valence-electron chi connectivity index (χ3n) is 2.24. The summed E-state index contributed by atoms with van der Waals surface area (Å²) in [4.78, 5) is 0. The first-order valence-electron chi connectivity index (χ1n) is 4.81. The van der Waals surface area contributed by atoms with Gasteiger partial charge in [0, 0.05) is 0 Å². The van der Waals surface area contributed by atoms with Crippen molar-refractivity contribution >= 4 is 11.6 Å². The molecule has 0 unspecified atom stereocenters. The van der Waals surface area contributed by atoms with Gasteiger partial charge in [0.25, 0.3) is 0 Å². The Balaban J connectivity index is 3.26. The molecule has 0 amide bonds. The summed E-state index contributed by atoms with van der Waals surface area (Å²) in [5, 5.41) is 18.0. The van der Waals surface area contributed by atoms with Gasteiger partial charge in [0.15, 0.2) is 0 Å². The fourth-order valence-electron chi connectivity index (χ4n) is 1.52. The molecule has 0 bridgehead atoms. The molecule has 0 aromatic heterocycles. The Kier molecular flexibility index (Phi) is 4.16. The second-order valence-corrected chi connectivity index (χ2v) is 3.64. The summed E-state index contributed by atoms with van der Waals surface area (Å²) < 4.78 is 0. The van der Waals surface area contributed by atoms with E-state index in [1.54, 1.807) is 6.07 Å². The van der Waals surface area contributed by atoms with Crippen LogP contribution in [0, 0.1) is 22.7 Å². The summed E-state index contributed by atoms with van der Waals surface area (Å²) in [6.07, 6.45) is 2.16. The first-order valence-corrected chi connectivity index (χ1v) is 5.19. The number of hydrogen-bond donors (Lipinski definition) is 0. The van der Waals surface area contributed by atoms with Crippen LogP contribution in [0.4, 0.5) is 0 Å². The Morgan fingerprint density at radius 2 is 2.07 bits per heavy atom. The molecule has 0 aliphatic rings. The van der Waals surface area contributed by atoms with Crippen molar-refractivity contribution in [1.82, 2.24) is 0 Å². The van der Waals surface area contributed by atoms with Crippen LogP contribution in [-0.2, 0) is 12.8 Å². The molecule has 0 spiro atoms. The van der Waals surface area contributed by atoms with Crippen molar-refractivity contribution in [3.63, 3.8) is 0 Å². The lowest BCUT2D eigenvalue weighted by Crippen LogP contribution is -1.96. The van der Waals surface area contributed by atoms with Crippen LogP contribution in [-0.4, -0.2) is 0 Å². The minimum Gasteiger partial charge on any atom is -0.198 e. The summed E-state index contributed by atoms with van der Waals surface area (Å²) in [5.74, 6) is 0. The standard InChI is InChI=1S/C12H11ClN2/c1-2-3-9-4-5-10(8-15)12(13)11(9)6-7-14/h4-5H,2-3,6H2,1H3. The number of halogens is 1. The van der Waals surface area contributed by atoms with Crippen LogP contribution in [0.1, 0.15) is 30.0 Å². The molecule has 1 aromatic rings. The summed E-state index contributed by atoms with van der Waals surface area (Å²) in [5.41, 5.74) is 2.32. The molecule has 0 N–H and O–H groups in total. The Bertz CT molecular complexity index is 438. The minimum absolute atomic E-state index is 0.268. The molecule has 1 aromatic carbocycles. The highest BCUT2D eigenvalue weighted by molar-refractivity contribution is 6.32. The second-order valence-electron chi connectivity index (χ2n) is 3.26. The third-order valence-corrected chi connectivity index (χ3v) is 2.67. The first kappa shape index (κ1) is 11.6. The van der Waals surface area contributed by atoms with E-state index in [0.29, 0.717) is 10.6 Å². The number of nitrogens with zero attached hydrogens (tertiary/aromatic N) is 2. The fourth-order valence-corrected chi connectivity index (χ4v) is 1.81. The predicted octanol–water partition coefficient (Wildman–Crippen LogP) is 3.23. The van der Waals surface area contributed by atoms with Crippen molar-refractivity contribution in [3.8, 4) is 12.1 Å². The van der Waals surface area contributed by atoms with E-state index in [4.69, 9.17) is 22.1 Å². The Labute approximate surface area is 94.7 Å². The van der Waals surface area contributed by atoms with Gasteiger partial charge in [-0.05, 0) is 23.6 Å². The molecule has 0 heterocycles. The van der Waals surface area contributed by atoms with Gasteiger partial charge in [-0.15, -0.1) is 0 Å². The summed E-state index contributed by atoms with van der Waals surface area (Å²) in [6, 6.07) is 7.71. The number of rotatable bonds is 3. The maximum atomic E-state index is 8.81. The molecule has 2 nitrogen and oxygen atoms in total. The summed E-state index contributed by atoms with van der Waals surface area (Å²) >= 11 is 6.05. The van der Waals surface area contributed by atoms with Gasteiger partial charge in [-0.25, -0.2) is 0 Å². The largest absolute Gasteiger partial charge is 0.198 e. The van der Waals surface area contributed by atoms with Gasteiger partial charge in [0.2, 0.25) is 0 Å². The molecule has 0 fully saturated rings. The topological polar surface area (TPSA) is 47.6 Å². The van der Waals surface area contributed by atoms with Crippen molar-refractivity contribution in [2.24, 2.45) is 0 Å². The molecule has 15 heavy (non-hydrogen) atoms. The van der Waals surface area contributed by atoms with E-state index in [-0.39, 0.29) is 6.42 Å². The van der Waals surface area contributed by atoms with Crippen molar-refractivity contribution in [3.05, 3.63) is 33.8 Å². The van der Waals surface area contributed by atoms with E-state index >= 15 is 0 Å². The zero-order valence-electron chi connectivity index (χ0n) is 8.55. The maximum Gasteiger partial charge on any atom is 0.101 e. The summed E-state index contributed by atoms with van der Waals surface area (Å²) in [7, 11) is 0. The number of benzene rings is 1. The lowest BCUT2D eigenvalue weighted by molar-refractivity contribution is 0.907. The zero-order chi connectivity index (χ0) is 11.3. The normalized spacial score (nSPS) is 9.33. The minimum atomic E-state index is 0.268. The first-order chi connectivity index (χ1) is 7.24. The van der Waals surface area contributed by atoms with Gasteiger partial charge in [0.05, 0.1) is 23.1 Å². The van der Waals surface area contributed by atoms with E-state index in [1.165, 1.54) is 0 Å². The second kappa shape index (κ2) is 5.39. The average molecular weight is 219 g/mol. The molecular weight excluding hydrogens is 208 g/mol. The Morgan fingerprint density at radius 3 is 2.60 bits per heavy atom. The molecule has 76 valence electrons. The van der Waals surface area contributed by atoms with E-state index in [2.05, 4.69) is 13.0 Å². The number of hydrogen-bond acceptors (Lipinski definition) is 2. The number of aryl methyl sites for hydroxylation is 1. The van der Waals surface area contributed by atoms with Crippen molar-refractivity contribution in [2.45, 2.75) is 26.2 Å². The van der Waals surface area contributed by atoms with Crippen molar-refractivity contribution in [2.75, 3.05) is 0 Å². The molecular formula is C12H11ClN2. The van der Waals surface area contributed by atoms with E-state index < -0.39 is 0 Å². The highest BCUT2D eigenvalue weighted by Crippen LogP contribution is 2.25. The summed E-state index contributed by atoms with van der Waals surface area (Å²) in [6.45, 7) is 2.07. The fraction of sp³-hybridized carbons (Fsp3) is 0.333. The van der Waals surface area contributed by atoms with Gasteiger partial charge in [0.1, 0.15) is 6.07 Å². The molecule has 0 aliphatic carbocycles. The van der Waals surface area contributed by atoms with Crippen LogP contribution in [0.5, 0.6) is 0 Å². The van der Waals surface area contributed by atoms with Gasteiger partial charge in [-0.2, -0.15) is 10.5 Å². The van der Waals surface area contributed by atoms with Gasteiger partial charge in [-0.1, -0.05) is 31.0 Å². The highest BCUT2D eigenvalue weighted by Gasteiger charge is 2.10. The lowest BCUT2D eigenvalue weighted by atomic mass is 9.98. The van der Waals surface area contributed by atoms with Crippen LogP contribution in [0.3, 0.4) is 0 Å². The maximum absolute atomic E-state index is 8.81. The lowest BCUT2D eigenvalue weighted by Gasteiger charge is -2.08. The van der Waals surface area contributed by atoms with Crippen LogP contribution < -0.4 is 0 Å². The molecule has 3 heteroatoms. The van der Waals surface area contributed by atoms with Crippen molar-refractivity contribution < 1.29 is 0 Å². The van der Waals surface area contributed by atoms with Crippen LogP contribution >= 0.6 is 11.6 Å². The molecule has 0 saturated heterocycles. The molecule has 1 rings (SSSR count). The Morgan fingerprint density at radius 1 is 1.33 bits per heavy atom. The zero-order valence-corrected chi connectivity index (χ0v) is 9.30. The van der Waals surface area contributed by atoms with Crippen LogP contribution in [0.2, 0.25) is 5.02 Å².